The molecule has 136 valence electrons. The number of aliphatic hydroxyl groups excluding tert-OH is 5. The van der Waals surface area contributed by atoms with E-state index < -0.39 is 31.0 Å². The second kappa shape index (κ2) is 8.99. The number of benzene rings is 1. The summed E-state index contributed by atoms with van der Waals surface area (Å²) < 4.78 is 0. The van der Waals surface area contributed by atoms with Crippen LogP contribution in [0, 0.1) is 0 Å². The van der Waals surface area contributed by atoms with Gasteiger partial charge in [0.05, 0.1) is 18.5 Å². The van der Waals surface area contributed by atoms with E-state index in [1.807, 2.05) is 35.7 Å². The first-order valence-corrected chi connectivity index (χ1v) is 8.44. The third-order valence-corrected chi connectivity index (χ3v) is 4.42. The van der Waals surface area contributed by atoms with Crippen LogP contribution in [0.25, 0.3) is 11.3 Å². The van der Waals surface area contributed by atoms with Crippen molar-refractivity contribution in [2.45, 2.75) is 24.4 Å². The molecule has 0 unspecified atom stereocenters. The highest BCUT2D eigenvalue weighted by Crippen LogP contribution is 2.26. The van der Waals surface area contributed by atoms with Crippen LogP contribution in [0.1, 0.15) is 0 Å². The number of hydrazone groups is 1. The smallest absolute Gasteiger partial charge is 0.206 e. The number of hydrogen-bond donors (Lipinski definition) is 5. The monoisotopic (exact) mass is 367 g/mol. The van der Waals surface area contributed by atoms with Crippen molar-refractivity contribution < 1.29 is 25.5 Å². The average Bonchev–Trinajstić information content (AvgIpc) is 3.14. The molecule has 0 spiro atoms. The largest absolute Gasteiger partial charge is 0.394 e. The Morgan fingerprint density at radius 1 is 1.16 bits per heavy atom. The van der Waals surface area contributed by atoms with Crippen molar-refractivity contribution in [2.75, 3.05) is 18.7 Å². The lowest BCUT2D eigenvalue weighted by Gasteiger charge is -2.23. The molecule has 4 atom stereocenters. The molecule has 2 rings (SSSR count). The summed E-state index contributed by atoms with van der Waals surface area (Å²) in [6.45, 7) is -0.733. The number of hydrogen-bond acceptors (Lipinski definition) is 9. The summed E-state index contributed by atoms with van der Waals surface area (Å²) >= 11 is 1.36. The highest BCUT2D eigenvalue weighted by molar-refractivity contribution is 7.14. The van der Waals surface area contributed by atoms with E-state index >= 15 is 0 Å². The van der Waals surface area contributed by atoms with E-state index in [9.17, 15) is 20.4 Å². The summed E-state index contributed by atoms with van der Waals surface area (Å²) in [6, 6.07) is 9.63. The van der Waals surface area contributed by atoms with Gasteiger partial charge in [0.25, 0.3) is 0 Å². The Kier molecular flexibility index (Phi) is 7.00. The van der Waals surface area contributed by atoms with Crippen molar-refractivity contribution in [1.82, 2.24) is 4.98 Å². The van der Waals surface area contributed by atoms with Crippen LogP contribution in [-0.2, 0) is 0 Å². The van der Waals surface area contributed by atoms with Crippen molar-refractivity contribution in [1.29, 1.82) is 0 Å². The molecule has 25 heavy (non-hydrogen) atoms. The number of nitrogens with zero attached hydrogens (tertiary/aromatic N) is 3. The summed E-state index contributed by atoms with van der Waals surface area (Å²) in [7, 11) is 1.63. The maximum Gasteiger partial charge on any atom is 0.206 e. The maximum atomic E-state index is 9.82. The van der Waals surface area contributed by atoms with E-state index in [0.717, 1.165) is 17.5 Å². The van der Waals surface area contributed by atoms with E-state index in [1.54, 1.807) is 7.05 Å². The Hall–Kier alpha value is -1.88. The highest BCUT2D eigenvalue weighted by atomic mass is 32.1. The Morgan fingerprint density at radius 3 is 2.48 bits per heavy atom. The van der Waals surface area contributed by atoms with Crippen LogP contribution in [-0.4, -0.2) is 74.8 Å². The Labute approximate surface area is 148 Å². The van der Waals surface area contributed by atoms with Crippen molar-refractivity contribution >= 4 is 22.7 Å². The fourth-order valence-corrected chi connectivity index (χ4v) is 2.75. The van der Waals surface area contributed by atoms with Gasteiger partial charge in [-0.3, -0.25) is 0 Å². The Balaban J connectivity index is 2.00. The molecule has 2 aromatic rings. The standard InChI is InChI=1S/C16H21N3O5S/c1-19(17-7-12(21)14(23)15(24)13(22)8-20)16-18-11(9-25-16)10-5-3-2-4-6-10/h2-7,9,12-15,20-24H,8H2,1H3/b17-7-/t12-,13+,14+,15+/m0/s1. The maximum absolute atomic E-state index is 9.82. The first kappa shape index (κ1) is 19.4. The van der Waals surface area contributed by atoms with Gasteiger partial charge < -0.3 is 25.5 Å². The van der Waals surface area contributed by atoms with Crippen molar-refractivity contribution in [2.24, 2.45) is 5.10 Å². The molecule has 1 aromatic carbocycles. The predicted molar refractivity (Wildman–Crippen MR) is 95.6 cm³/mol. The number of rotatable bonds is 8. The number of aliphatic hydroxyl groups is 5. The molecular weight excluding hydrogens is 346 g/mol. The minimum absolute atomic E-state index is 0.577. The third-order valence-electron chi connectivity index (χ3n) is 3.51. The second-order valence-electron chi connectivity index (χ2n) is 5.39. The minimum atomic E-state index is -1.69. The molecule has 0 saturated carbocycles. The van der Waals surface area contributed by atoms with Gasteiger partial charge in [-0.05, 0) is 0 Å². The van der Waals surface area contributed by atoms with E-state index in [4.69, 9.17) is 5.11 Å². The van der Waals surface area contributed by atoms with E-state index in [2.05, 4.69) is 10.1 Å². The topological polar surface area (TPSA) is 130 Å². The predicted octanol–water partition coefficient (Wildman–Crippen LogP) is -0.332. The molecule has 0 aliphatic carbocycles. The molecule has 8 nitrogen and oxygen atoms in total. The Morgan fingerprint density at radius 2 is 1.84 bits per heavy atom. The van der Waals surface area contributed by atoms with Crippen LogP contribution >= 0.6 is 11.3 Å². The van der Waals surface area contributed by atoms with E-state index in [-0.39, 0.29) is 0 Å². The molecule has 1 aromatic heterocycles. The summed E-state index contributed by atoms with van der Waals surface area (Å²) in [5.74, 6) is 0. The fourth-order valence-electron chi connectivity index (χ4n) is 2.00. The number of aromatic nitrogens is 1. The molecule has 0 fully saturated rings. The van der Waals surface area contributed by atoms with E-state index in [1.165, 1.54) is 16.3 Å². The zero-order chi connectivity index (χ0) is 18.4. The van der Waals surface area contributed by atoms with Crippen LogP contribution in [0.15, 0.2) is 40.8 Å². The van der Waals surface area contributed by atoms with Gasteiger partial charge in [0.1, 0.15) is 24.4 Å². The lowest BCUT2D eigenvalue weighted by molar-refractivity contribution is -0.0999. The van der Waals surface area contributed by atoms with Gasteiger partial charge in [-0.25, -0.2) is 9.99 Å². The summed E-state index contributed by atoms with van der Waals surface area (Å²) in [5.41, 5.74) is 1.77. The summed E-state index contributed by atoms with van der Waals surface area (Å²) in [4.78, 5) is 4.44. The van der Waals surface area contributed by atoms with Gasteiger partial charge >= 0.3 is 0 Å². The summed E-state index contributed by atoms with van der Waals surface area (Å²) in [5, 5.41) is 55.0. The van der Waals surface area contributed by atoms with Crippen molar-refractivity contribution in [3.8, 4) is 11.3 Å². The zero-order valence-electron chi connectivity index (χ0n) is 13.5. The van der Waals surface area contributed by atoms with Crippen LogP contribution in [0.4, 0.5) is 5.13 Å². The van der Waals surface area contributed by atoms with Gasteiger partial charge in [0.2, 0.25) is 5.13 Å². The molecular formula is C16H21N3O5S. The van der Waals surface area contributed by atoms with Crippen LogP contribution in [0.2, 0.25) is 0 Å². The molecule has 0 aliphatic heterocycles. The van der Waals surface area contributed by atoms with Crippen LogP contribution in [0.3, 0.4) is 0 Å². The molecule has 0 saturated heterocycles. The quantitative estimate of drug-likeness (QED) is 0.319. The average molecular weight is 367 g/mol. The third kappa shape index (κ3) is 5.05. The van der Waals surface area contributed by atoms with E-state index in [0.29, 0.717) is 5.13 Å². The molecule has 0 aliphatic rings. The molecule has 0 bridgehead atoms. The molecule has 5 N–H and O–H groups in total. The van der Waals surface area contributed by atoms with Gasteiger partial charge in [-0.2, -0.15) is 5.10 Å². The van der Waals surface area contributed by atoms with Gasteiger partial charge in [0.15, 0.2) is 0 Å². The normalized spacial score (nSPS) is 16.6. The fraction of sp³-hybridized carbons (Fsp3) is 0.375. The van der Waals surface area contributed by atoms with Gasteiger partial charge in [0, 0.05) is 18.0 Å². The number of anilines is 1. The molecule has 1 heterocycles. The summed E-state index contributed by atoms with van der Waals surface area (Å²) in [6.07, 6.45) is -5.42. The minimum Gasteiger partial charge on any atom is -0.394 e. The van der Waals surface area contributed by atoms with Crippen molar-refractivity contribution in [3.05, 3.63) is 35.7 Å². The van der Waals surface area contributed by atoms with Crippen LogP contribution < -0.4 is 5.01 Å². The Bertz CT molecular complexity index is 681. The lowest BCUT2D eigenvalue weighted by atomic mass is 10.0. The lowest BCUT2D eigenvalue weighted by Crippen LogP contribution is -2.46. The number of thiazole rings is 1. The first-order chi connectivity index (χ1) is 11.9. The van der Waals surface area contributed by atoms with Crippen molar-refractivity contribution in [3.63, 3.8) is 0 Å². The SMILES string of the molecule is CN(/N=C\[C@H](O)[C@@H](O)[C@H](O)[C@H](O)CO)c1nc(-c2ccccc2)cs1. The van der Waals surface area contributed by atoms with Gasteiger partial charge in [-0.1, -0.05) is 30.3 Å². The zero-order valence-corrected chi connectivity index (χ0v) is 14.4. The second-order valence-corrected chi connectivity index (χ2v) is 6.23. The molecule has 9 heteroatoms. The van der Waals surface area contributed by atoms with Gasteiger partial charge in [-0.15, -0.1) is 11.3 Å². The van der Waals surface area contributed by atoms with Crippen LogP contribution in [0.5, 0.6) is 0 Å². The highest BCUT2D eigenvalue weighted by Gasteiger charge is 2.29. The molecule has 0 amide bonds. The molecule has 0 radical (unpaired) electrons. The first-order valence-electron chi connectivity index (χ1n) is 7.56.